The third kappa shape index (κ3) is 5.35. The minimum atomic E-state index is 0.171. The molecular weight excluding hydrogens is 222 g/mol. The van der Waals surface area contributed by atoms with Crippen LogP contribution in [0.25, 0.3) is 0 Å². The molecule has 1 aromatic rings. The number of carbonyl (C=O) groups excluding carboxylic acids is 1. The van der Waals surface area contributed by atoms with Gasteiger partial charge in [0.1, 0.15) is 0 Å². The molecular formula is C16H25NO. The van der Waals surface area contributed by atoms with E-state index < -0.39 is 0 Å². The summed E-state index contributed by atoms with van der Waals surface area (Å²) in [5.74, 6) is 0.395. The first kappa shape index (κ1) is 14.7. The summed E-state index contributed by atoms with van der Waals surface area (Å²) in [5, 5.41) is 2.95. The van der Waals surface area contributed by atoms with Gasteiger partial charge in [0.05, 0.1) is 0 Å². The summed E-state index contributed by atoms with van der Waals surface area (Å²) in [7, 11) is 0. The minimum absolute atomic E-state index is 0.171. The van der Waals surface area contributed by atoms with Crippen LogP contribution in [-0.4, -0.2) is 12.5 Å². The Labute approximate surface area is 111 Å². The van der Waals surface area contributed by atoms with Gasteiger partial charge in [-0.2, -0.15) is 0 Å². The average molecular weight is 247 g/mol. The third-order valence-electron chi connectivity index (χ3n) is 3.25. The molecule has 1 N–H and O–H groups in total. The van der Waals surface area contributed by atoms with Crippen LogP contribution in [0, 0.1) is 5.92 Å². The molecule has 1 aromatic carbocycles. The van der Waals surface area contributed by atoms with Gasteiger partial charge in [-0.1, -0.05) is 50.1 Å². The first-order valence-corrected chi connectivity index (χ1v) is 7.09. The predicted octanol–water partition coefficient (Wildman–Crippen LogP) is 3.56. The maximum atomic E-state index is 12.0. The Bertz CT molecular complexity index is 334. The number of hydrogen-bond donors (Lipinski definition) is 1. The standard InChI is InChI=1S/C16H25NO/c1-3-5-11-15(16(18)17-4-2)13-12-14-9-7-6-8-10-14/h6-10,15H,3-5,11-13H2,1-2H3,(H,17,18)/t15-/m1/s1. The summed E-state index contributed by atoms with van der Waals surface area (Å²) in [6, 6.07) is 10.4. The molecule has 0 bridgehead atoms. The van der Waals surface area contributed by atoms with Crippen LogP contribution in [0.15, 0.2) is 30.3 Å². The van der Waals surface area contributed by atoms with Crippen LogP contribution < -0.4 is 5.32 Å². The van der Waals surface area contributed by atoms with Crippen molar-refractivity contribution in [1.82, 2.24) is 5.32 Å². The van der Waals surface area contributed by atoms with Crippen LogP contribution in [0.5, 0.6) is 0 Å². The van der Waals surface area contributed by atoms with E-state index in [4.69, 9.17) is 0 Å². The highest BCUT2D eigenvalue weighted by molar-refractivity contribution is 5.78. The lowest BCUT2D eigenvalue weighted by atomic mass is 9.93. The van der Waals surface area contributed by atoms with Gasteiger partial charge in [-0.15, -0.1) is 0 Å². The molecule has 1 rings (SSSR count). The highest BCUT2D eigenvalue weighted by Crippen LogP contribution is 2.16. The first-order chi connectivity index (χ1) is 8.77. The predicted molar refractivity (Wildman–Crippen MR) is 76.5 cm³/mol. The second-order valence-corrected chi connectivity index (χ2v) is 4.76. The van der Waals surface area contributed by atoms with E-state index in [9.17, 15) is 4.79 Å². The summed E-state index contributed by atoms with van der Waals surface area (Å²) < 4.78 is 0. The second kappa shape index (κ2) is 8.73. The van der Waals surface area contributed by atoms with Crippen molar-refractivity contribution in [3.05, 3.63) is 35.9 Å². The largest absolute Gasteiger partial charge is 0.356 e. The monoisotopic (exact) mass is 247 g/mol. The lowest BCUT2D eigenvalue weighted by Gasteiger charge is -2.15. The highest BCUT2D eigenvalue weighted by Gasteiger charge is 2.16. The fraction of sp³-hybridized carbons (Fsp3) is 0.562. The van der Waals surface area contributed by atoms with Crippen molar-refractivity contribution < 1.29 is 4.79 Å². The zero-order valence-corrected chi connectivity index (χ0v) is 11.6. The van der Waals surface area contributed by atoms with Gasteiger partial charge in [-0.3, -0.25) is 4.79 Å². The van der Waals surface area contributed by atoms with Crippen molar-refractivity contribution in [1.29, 1.82) is 0 Å². The molecule has 0 radical (unpaired) electrons. The topological polar surface area (TPSA) is 29.1 Å². The molecule has 0 aliphatic carbocycles. The number of hydrogen-bond acceptors (Lipinski definition) is 1. The fourth-order valence-electron chi connectivity index (χ4n) is 2.16. The summed E-state index contributed by atoms with van der Waals surface area (Å²) in [4.78, 5) is 12.0. The van der Waals surface area contributed by atoms with Crippen molar-refractivity contribution in [2.75, 3.05) is 6.54 Å². The quantitative estimate of drug-likeness (QED) is 0.747. The molecule has 100 valence electrons. The van der Waals surface area contributed by atoms with Crippen LogP contribution in [-0.2, 0) is 11.2 Å². The molecule has 2 nitrogen and oxygen atoms in total. The molecule has 18 heavy (non-hydrogen) atoms. The van der Waals surface area contributed by atoms with E-state index in [2.05, 4.69) is 36.5 Å². The molecule has 1 atom stereocenters. The van der Waals surface area contributed by atoms with Crippen molar-refractivity contribution in [2.24, 2.45) is 5.92 Å². The number of unbranched alkanes of at least 4 members (excludes halogenated alkanes) is 1. The first-order valence-electron chi connectivity index (χ1n) is 7.09. The molecule has 0 aliphatic heterocycles. The van der Waals surface area contributed by atoms with Crippen LogP contribution >= 0.6 is 0 Å². The molecule has 0 aliphatic rings. The smallest absolute Gasteiger partial charge is 0.223 e. The summed E-state index contributed by atoms with van der Waals surface area (Å²) in [6.07, 6.45) is 5.25. The lowest BCUT2D eigenvalue weighted by molar-refractivity contribution is -0.125. The van der Waals surface area contributed by atoms with E-state index in [1.54, 1.807) is 0 Å². The van der Waals surface area contributed by atoms with E-state index in [0.29, 0.717) is 0 Å². The molecule has 0 unspecified atom stereocenters. The number of aryl methyl sites for hydroxylation is 1. The molecule has 1 amide bonds. The van der Waals surface area contributed by atoms with Gasteiger partial charge < -0.3 is 5.32 Å². The second-order valence-electron chi connectivity index (χ2n) is 4.76. The molecule has 0 saturated carbocycles. The summed E-state index contributed by atoms with van der Waals surface area (Å²) in [6.45, 7) is 4.88. The third-order valence-corrected chi connectivity index (χ3v) is 3.25. The van der Waals surface area contributed by atoms with Crippen LogP contribution in [0.1, 0.15) is 45.1 Å². The molecule has 0 fully saturated rings. The van der Waals surface area contributed by atoms with Crippen molar-refractivity contribution >= 4 is 5.91 Å². The van der Waals surface area contributed by atoms with Crippen LogP contribution in [0.2, 0.25) is 0 Å². The molecule has 2 heteroatoms. The normalized spacial score (nSPS) is 12.1. The number of nitrogens with one attached hydrogen (secondary N) is 1. The number of carbonyl (C=O) groups is 1. The average Bonchev–Trinajstić information content (AvgIpc) is 2.40. The van der Waals surface area contributed by atoms with Crippen molar-refractivity contribution in [3.63, 3.8) is 0 Å². The molecule has 0 saturated heterocycles. The van der Waals surface area contributed by atoms with Gasteiger partial charge in [0, 0.05) is 12.5 Å². The van der Waals surface area contributed by atoms with Gasteiger partial charge in [-0.05, 0) is 31.7 Å². The maximum Gasteiger partial charge on any atom is 0.223 e. The minimum Gasteiger partial charge on any atom is -0.356 e. The zero-order valence-electron chi connectivity index (χ0n) is 11.6. The number of benzene rings is 1. The Kier molecular flexibility index (Phi) is 7.16. The Morgan fingerprint density at radius 1 is 1.17 bits per heavy atom. The Balaban J connectivity index is 2.47. The maximum absolute atomic E-state index is 12.0. The van der Waals surface area contributed by atoms with Crippen LogP contribution in [0.4, 0.5) is 0 Å². The van der Waals surface area contributed by atoms with E-state index in [-0.39, 0.29) is 11.8 Å². The Morgan fingerprint density at radius 3 is 2.50 bits per heavy atom. The number of amides is 1. The highest BCUT2D eigenvalue weighted by atomic mass is 16.1. The summed E-state index contributed by atoms with van der Waals surface area (Å²) in [5.41, 5.74) is 1.32. The van der Waals surface area contributed by atoms with E-state index in [1.165, 1.54) is 5.56 Å². The van der Waals surface area contributed by atoms with Crippen molar-refractivity contribution in [2.45, 2.75) is 46.0 Å². The zero-order chi connectivity index (χ0) is 13.2. The van der Waals surface area contributed by atoms with E-state index >= 15 is 0 Å². The van der Waals surface area contributed by atoms with Gasteiger partial charge >= 0.3 is 0 Å². The summed E-state index contributed by atoms with van der Waals surface area (Å²) >= 11 is 0. The Morgan fingerprint density at radius 2 is 1.89 bits per heavy atom. The molecule has 0 heterocycles. The van der Waals surface area contributed by atoms with E-state index in [0.717, 1.165) is 38.6 Å². The number of rotatable bonds is 8. The fourth-order valence-corrected chi connectivity index (χ4v) is 2.16. The van der Waals surface area contributed by atoms with Gasteiger partial charge in [0.25, 0.3) is 0 Å². The van der Waals surface area contributed by atoms with Gasteiger partial charge in [0.2, 0.25) is 5.91 Å². The Hall–Kier alpha value is -1.31. The lowest BCUT2D eigenvalue weighted by Crippen LogP contribution is -2.30. The van der Waals surface area contributed by atoms with Gasteiger partial charge in [-0.25, -0.2) is 0 Å². The molecule has 0 aromatic heterocycles. The van der Waals surface area contributed by atoms with Gasteiger partial charge in [0.15, 0.2) is 0 Å². The molecule has 0 spiro atoms. The van der Waals surface area contributed by atoms with E-state index in [1.807, 2.05) is 13.0 Å². The SMILES string of the molecule is CCCC[C@H](CCc1ccccc1)C(=O)NCC. The van der Waals surface area contributed by atoms with Crippen LogP contribution in [0.3, 0.4) is 0 Å². The van der Waals surface area contributed by atoms with Crippen molar-refractivity contribution in [3.8, 4) is 0 Å².